The lowest BCUT2D eigenvalue weighted by atomic mass is 9.85. The lowest BCUT2D eigenvalue weighted by Crippen LogP contribution is -2.52. The van der Waals surface area contributed by atoms with Crippen molar-refractivity contribution in [3.63, 3.8) is 0 Å². The Morgan fingerprint density at radius 3 is 2.80 bits per heavy atom. The first-order valence-electron chi connectivity index (χ1n) is 6.71. The van der Waals surface area contributed by atoms with Crippen molar-refractivity contribution in [1.29, 1.82) is 0 Å². The number of rotatable bonds is 2. The van der Waals surface area contributed by atoms with Crippen molar-refractivity contribution in [2.45, 2.75) is 38.3 Å². The number of benzene rings is 1. The molecule has 1 aliphatic rings. The molecule has 1 atom stereocenters. The predicted molar refractivity (Wildman–Crippen MR) is 74.7 cm³/mol. The third-order valence-electron chi connectivity index (χ3n) is 3.20. The molecule has 0 radical (unpaired) electrons. The zero-order chi connectivity index (χ0) is 14.8. The molecule has 5 nitrogen and oxygen atoms in total. The van der Waals surface area contributed by atoms with E-state index in [9.17, 15) is 9.90 Å². The number of carbonyl (C=O) groups excluding carboxylic acids is 1. The zero-order valence-corrected chi connectivity index (χ0v) is 12.1. The van der Waals surface area contributed by atoms with Gasteiger partial charge in [0, 0.05) is 12.0 Å². The van der Waals surface area contributed by atoms with E-state index in [1.165, 1.54) is 0 Å². The van der Waals surface area contributed by atoms with Crippen molar-refractivity contribution in [2.24, 2.45) is 0 Å². The largest absolute Gasteiger partial charge is 0.493 e. The maximum absolute atomic E-state index is 12.0. The van der Waals surface area contributed by atoms with Gasteiger partial charge in [-0.15, -0.1) is 0 Å². The highest BCUT2D eigenvalue weighted by molar-refractivity contribution is 5.69. The van der Waals surface area contributed by atoms with Crippen LogP contribution in [0, 0.1) is 0 Å². The molecule has 1 heterocycles. The minimum absolute atomic E-state index is 0.202. The Morgan fingerprint density at radius 2 is 2.15 bits per heavy atom. The fraction of sp³-hybridized carbons (Fsp3) is 0.533. The van der Waals surface area contributed by atoms with Crippen molar-refractivity contribution < 1.29 is 19.4 Å². The van der Waals surface area contributed by atoms with E-state index in [-0.39, 0.29) is 6.61 Å². The van der Waals surface area contributed by atoms with Crippen LogP contribution >= 0.6 is 0 Å². The fourth-order valence-corrected chi connectivity index (χ4v) is 2.29. The third-order valence-corrected chi connectivity index (χ3v) is 3.20. The molecule has 0 aliphatic carbocycles. The highest BCUT2D eigenvalue weighted by Gasteiger charge is 2.39. The normalized spacial score (nSPS) is 21.6. The molecular formula is C15H21NO4. The van der Waals surface area contributed by atoms with E-state index < -0.39 is 17.2 Å². The summed E-state index contributed by atoms with van der Waals surface area (Å²) in [6.45, 7) is 5.64. The molecule has 1 aromatic rings. The number of ether oxygens (including phenoxy) is 2. The Labute approximate surface area is 118 Å². The standard InChI is InChI=1S/C15H21NO4/c1-14(2,3)20-13(18)16-15(10-17)8-9-19-12-7-5-4-6-11(12)15/h4-7,17H,8-10H2,1-3H3,(H,16,18). The zero-order valence-electron chi connectivity index (χ0n) is 12.1. The second-order valence-electron chi connectivity index (χ2n) is 5.96. The van der Waals surface area contributed by atoms with Crippen molar-refractivity contribution in [3.8, 4) is 5.75 Å². The number of hydrogen-bond donors (Lipinski definition) is 2. The van der Waals surface area contributed by atoms with Crippen LogP contribution in [0.3, 0.4) is 0 Å². The molecule has 0 saturated heterocycles. The van der Waals surface area contributed by atoms with Crippen LogP contribution in [0.2, 0.25) is 0 Å². The third kappa shape index (κ3) is 3.04. The summed E-state index contributed by atoms with van der Waals surface area (Å²) in [4.78, 5) is 12.0. The molecule has 1 amide bonds. The second-order valence-corrected chi connectivity index (χ2v) is 5.96. The van der Waals surface area contributed by atoms with Crippen LogP contribution < -0.4 is 10.1 Å². The van der Waals surface area contributed by atoms with Crippen molar-refractivity contribution in [3.05, 3.63) is 29.8 Å². The fourth-order valence-electron chi connectivity index (χ4n) is 2.29. The molecule has 0 aromatic heterocycles. The molecule has 0 saturated carbocycles. The van der Waals surface area contributed by atoms with Crippen LogP contribution in [0.1, 0.15) is 32.8 Å². The van der Waals surface area contributed by atoms with E-state index in [2.05, 4.69) is 5.32 Å². The van der Waals surface area contributed by atoms with Crippen LogP contribution in [0.5, 0.6) is 5.75 Å². The summed E-state index contributed by atoms with van der Waals surface area (Å²) in [6.07, 6.45) is -0.0389. The van der Waals surface area contributed by atoms with Gasteiger partial charge in [0.25, 0.3) is 0 Å². The van der Waals surface area contributed by atoms with Crippen LogP contribution in [-0.2, 0) is 10.3 Å². The van der Waals surface area contributed by atoms with Gasteiger partial charge in [-0.25, -0.2) is 4.79 Å². The number of carbonyl (C=O) groups is 1. The summed E-state index contributed by atoms with van der Waals surface area (Å²) in [6, 6.07) is 7.40. The SMILES string of the molecule is CC(C)(C)OC(=O)NC1(CO)CCOc2ccccc21. The van der Waals surface area contributed by atoms with Crippen molar-refractivity contribution in [1.82, 2.24) is 5.32 Å². The van der Waals surface area contributed by atoms with E-state index >= 15 is 0 Å². The summed E-state index contributed by atoms with van der Waals surface area (Å²) in [7, 11) is 0. The maximum atomic E-state index is 12.0. The molecule has 1 unspecified atom stereocenters. The van der Waals surface area contributed by atoms with Gasteiger partial charge in [-0.1, -0.05) is 18.2 Å². The van der Waals surface area contributed by atoms with Crippen LogP contribution in [0.15, 0.2) is 24.3 Å². The Balaban J connectivity index is 2.25. The van der Waals surface area contributed by atoms with Gasteiger partial charge in [-0.2, -0.15) is 0 Å². The van der Waals surface area contributed by atoms with E-state index in [4.69, 9.17) is 9.47 Å². The molecule has 2 N–H and O–H groups in total. The van der Waals surface area contributed by atoms with Gasteiger partial charge in [0.2, 0.25) is 0 Å². The first-order chi connectivity index (χ1) is 9.36. The van der Waals surface area contributed by atoms with E-state index in [0.29, 0.717) is 18.8 Å². The molecule has 110 valence electrons. The minimum Gasteiger partial charge on any atom is -0.493 e. The maximum Gasteiger partial charge on any atom is 0.408 e. The molecule has 0 fully saturated rings. The van der Waals surface area contributed by atoms with Gasteiger partial charge < -0.3 is 19.9 Å². The van der Waals surface area contributed by atoms with Crippen LogP contribution in [0.4, 0.5) is 4.79 Å². The Hall–Kier alpha value is -1.75. The first kappa shape index (κ1) is 14.7. The molecule has 5 heteroatoms. The average Bonchev–Trinajstić information content (AvgIpc) is 2.37. The average molecular weight is 279 g/mol. The summed E-state index contributed by atoms with van der Waals surface area (Å²) < 4.78 is 10.8. The monoisotopic (exact) mass is 279 g/mol. The van der Waals surface area contributed by atoms with Gasteiger partial charge >= 0.3 is 6.09 Å². The number of aliphatic hydroxyl groups excluding tert-OH is 1. The first-order valence-corrected chi connectivity index (χ1v) is 6.71. The van der Waals surface area contributed by atoms with E-state index in [0.717, 1.165) is 5.56 Å². The van der Waals surface area contributed by atoms with Crippen LogP contribution in [-0.4, -0.2) is 30.0 Å². The minimum atomic E-state index is -0.850. The molecular weight excluding hydrogens is 258 g/mol. The Kier molecular flexibility index (Phi) is 3.90. The molecule has 0 spiro atoms. The molecule has 20 heavy (non-hydrogen) atoms. The number of para-hydroxylation sites is 1. The van der Waals surface area contributed by atoms with Gasteiger partial charge in [0.1, 0.15) is 11.4 Å². The highest BCUT2D eigenvalue weighted by atomic mass is 16.6. The summed E-state index contributed by atoms with van der Waals surface area (Å²) >= 11 is 0. The Morgan fingerprint density at radius 1 is 1.45 bits per heavy atom. The van der Waals surface area contributed by atoms with Crippen molar-refractivity contribution >= 4 is 6.09 Å². The molecule has 1 aromatic carbocycles. The van der Waals surface area contributed by atoms with Gasteiger partial charge in [-0.3, -0.25) is 0 Å². The van der Waals surface area contributed by atoms with Gasteiger partial charge in [0.05, 0.1) is 18.8 Å². The number of amides is 1. The number of hydrogen-bond acceptors (Lipinski definition) is 4. The van der Waals surface area contributed by atoms with Crippen molar-refractivity contribution in [2.75, 3.05) is 13.2 Å². The predicted octanol–water partition coefficient (Wildman–Crippen LogP) is 2.18. The van der Waals surface area contributed by atoms with Gasteiger partial charge in [-0.05, 0) is 26.8 Å². The Bertz CT molecular complexity index is 495. The topological polar surface area (TPSA) is 67.8 Å². The summed E-state index contributed by atoms with van der Waals surface area (Å²) in [5.74, 6) is 0.684. The lowest BCUT2D eigenvalue weighted by molar-refractivity contribution is 0.0329. The quantitative estimate of drug-likeness (QED) is 0.870. The van der Waals surface area contributed by atoms with Gasteiger partial charge in [0.15, 0.2) is 0 Å². The van der Waals surface area contributed by atoms with Crippen LogP contribution in [0.25, 0.3) is 0 Å². The van der Waals surface area contributed by atoms with E-state index in [1.807, 2.05) is 24.3 Å². The molecule has 0 bridgehead atoms. The highest BCUT2D eigenvalue weighted by Crippen LogP contribution is 2.36. The smallest absolute Gasteiger partial charge is 0.408 e. The second kappa shape index (κ2) is 5.32. The molecule has 2 rings (SSSR count). The lowest BCUT2D eigenvalue weighted by Gasteiger charge is -2.38. The number of alkyl carbamates (subject to hydrolysis) is 1. The molecule has 1 aliphatic heterocycles. The number of aliphatic hydroxyl groups is 1. The summed E-state index contributed by atoms with van der Waals surface area (Å²) in [5.41, 5.74) is -0.651. The number of nitrogens with one attached hydrogen (secondary N) is 1. The number of fused-ring (bicyclic) bond motifs is 1. The van der Waals surface area contributed by atoms with E-state index in [1.54, 1.807) is 20.8 Å². The summed E-state index contributed by atoms with van der Waals surface area (Å²) in [5, 5.41) is 12.6.